The Labute approximate surface area is 131 Å². The second-order valence-corrected chi connectivity index (χ2v) is 5.98. The Bertz CT molecular complexity index is 650. The van der Waals surface area contributed by atoms with Crippen molar-refractivity contribution in [3.05, 3.63) is 47.5 Å². The smallest absolute Gasteiger partial charge is 0.164 e. The van der Waals surface area contributed by atoms with Gasteiger partial charge < -0.3 is 4.57 Å². The van der Waals surface area contributed by atoms with Gasteiger partial charge >= 0.3 is 0 Å². The minimum atomic E-state index is 0.228. The maximum absolute atomic E-state index is 12.4. The lowest BCUT2D eigenvalue weighted by atomic mass is 10.0. The van der Waals surface area contributed by atoms with Gasteiger partial charge in [-0.2, -0.15) is 0 Å². The summed E-state index contributed by atoms with van der Waals surface area (Å²) in [6, 6.07) is 9.88. The number of aryl methyl sites for hydroxylation is 1. The number of hydrogen-bond donors (Lipinski definition) is 0. The summed E-state index contributed by atoms with van der Waals surface area (Å²) >= 11 is 0. The highest BCUT2D eigenvalue weighted by Crippen LogP contribution is 2.23. The van der Waals surface area contributed by atoms with Crippen molar-refractivity contribution in [3.8, 4) is 0 Å². The molecule has 0 amide bonds. The van der Waals surface area contributed by atoms with E-state index < -0.39 is 0 Å². The van der Waals surface area contributed by atoms with E-state index in [2.05, 4.69) is 15.1 Å². The molecule has 1 aromatic heterocycles. The lowest BCUT2D eigenvalue weighted by Gasteiger charge is -2.23. The molecular weight excluding hydrogens is 276 g/mol. The molecule has 0 radical (unpaired) electrons. The predicted octanol–water partition coefficient (Wildman–Crippen LogP) is 2.36. The number of ketones is 1. The van der Waals surface area contributed by atoms with Crippen LogP contribution < -0.4 is 0 Å². The van der Waals surface area contributed by atoms with Gasteiger partial charge in [0.2, 0.25) is 0 Å². The summed E-state index contributed by atoms with van der Waals surface area (Å²) in [4.78, 5) is 14.8. The molecule has 0 saturated carbocycles. The van der Waals surface area contributed by atoms with Crippen LogP contribution in [-0.4, -0.2) is 38.0 Å². The molecule has 3 rings (SSSR count). The predicted molar refractivity (Wildman–Crippen MR) is 84.6 cm³/mol. The fraction of sp³-hybridized carbons (Fsp3) is 0.471. The SMILES string of the molecule is Cc1nnc(CN2CCC[C@@H]2CC(=O)c2ccccc2)n1C. The van der Waals surface area contributed by atoms with E-state index in [0.29, 0.717) is 12.5 Å². The van der Waals surface area contributed by atoms with Crippen LogP contribution in [0.3, 0.4) is 0 Å². The van der Waals surface area contributed by atoms with Crippen LogP contribution in [0.15, 0.2) is 30.3 Å². The highest BCUT2D eigenvalue weighted by Gasteiger charge is 2.28. The second kappa shape index (κ2) is 6.40. The zero-order chi connectivity index (χ0) is 15.5. The monoisotopic (exact) mass is 298 g/mol. The maximum Gasteiger partial charge on any atom is 0.164 e. The molecule has 5 nitrogen and oxygen atoms in total. The first-order valence-electron chi connectivity index (χ1n) is 7.82. The molecule has 1 aromatic carbocycles. The normalized spacial score (nSPS) is 18.7. The van der Waals surface area contributed by atoms with Crippen LogP contribution in [0, 0.1) is 6.92 Å². The summed E-state index contributed by atoms with van der Waals surface area (Å²) in [7, 11) is 1.99. The molecule has 5 heteroatoms. The molecule has 116 valence electrons. The van der Waals surface area contributed by atoms with Crippen molar-refractivity contribution in [3.63, 3.8) is 0 Å². The summed E-state index contributed by atoms with van der Waals surface area (Å²) in [5, 5.41) is 8.35. The third kappa shape index (κ3) is 3.09. The summed E-state index contributed by atoms with van der Waals surface area (Å²) in [5.41, 5.74) is 0.809. The average Bonchev–Trinajstić information content (AvgIpc) is 3.10. The highest BCUT2D eigenvalue weighted by atomic mass is 16.1. The van der Waals surface area contributed by atoms with E-state index in [1.165, 1.54) is 0 Å². The topological polar surface area (TPSA) is 51.0 Å². The molecule has 0 N–H and O–H groups in total. The van der Waals surface area contributed by atoms with Gasteiger partial charge in [-0.05, 0) is 26.3 Å². The van der Waals surface area contributed by atoms with E-state index in [-0.39, 0.29) is 5.78 Å². The molecule has 1 fully saturated rings. The summed E-state index contributed by atoms with van der Waals surface area (Å²) in [6.45, 7) is 3.75. The Kier molecular flexibility index (Phi) is 4.34. The van der Waals surface area contributed by atoms with Gasteiger partial charge in [-0.15, -0.1) is 10.2 Å². The minimum absolute atomic E-state index is 0.228. The molecule has 22 heavy (non-hydrogen) atoms. The van der Waals surface area contributed by atoms with E-state index in [0.717, 1.165) is 43.1 Å². The van der Waals surface area contributed by atoms with E-state index in [1.54, 1.807) is 0 Å². The summed E-state index contributed by atoms with van der Waals surface area (Å²) in [6.07, 6.45) is 2.81. The Hall–Kier alpha value is -2.01. The first kappa shape index (κ1) is 14.9. The lowest BCUT2D eigenvalue weighted by Crippen LogP contribution is -2.32. The number of likely N-dealkylation sites (tertiary alicyclic amines) is 1. The third-order valence-corrected chi connectivity index (χ3v) is 4.54. The van der Waals surface area contributed by atoms with Crippen molar-refractivity contribution in [2.75, 3.05) is 6.54 Å². The van der Waals surface area contributed by atoms with Crippen molar-refractivity contribution < 1.29 is 4.79 Å². The molecule has 0 aliphatic carbocycles. The van der Waals surface area contributed by atoms with Crippen molar-refractivity contribution in [2.45, 2.75) is 38.8 Å². The molecular formula is C17H22N4O. The minimum Gasteiger partial charge on any atom is -0.317 e. The fourth-order valence-corrected chi connectivity index (χ4v) is 3.06. The van der Waals surface area contributed by atoms with Gasteiger partial charge in [0.05, 0.1) is 6.54 Å². The van der Waals surface area contributed by atoms with Crippen molar-refractivity contribution in [1.29, 1.82) is 0 Å². The number of aromatic nitrogens is 3. The van der Waals surface area contributed by atoms with Crippen molar-refractivity contribution in [1.82, 2.24) is 19.7 Å². The molecule has 1 aliphatic heterocycles. The van der Waals surface area contributed by atoms with Gasteiger partial charge in [0.15, 0.2) is 5.78 Å². The summed E-state index contributed by atoms with van der Waals surface area (Å²) in [5.74, 6) is 2.12. The number of carbonyl (C=O) groups is 1. The second-order valence-electron chi connectivity index (χ2n) is 5.98. The molecule has 2 heterocycles. The number of benzene rings is 1. The van der Waals surface area contributed by atoms with Crippen molar-refractivity contribution in [2.24, 2.45) is 7.05 Å². The van der Waals surface area contributed by atoms with Crippen LogP contribution in [0.4, 0.5) is 0 Å². The number of hydrogen-bond acceptors (Lipinski definition) is 4. The first-order valence-corrected chi connectivity index (χ1v) is 7.82. The number of Topliss-reactive ketones (excluding diaryl/α,β-unsaturated/α-hetero) is 1. The van der Waals surface area contributed by atoms with Crippen molar-refractivity contribution >= 4 is 5.78 Å². The molecule has 0 bridgehead atoms. The van der Waals surface area contributed by atoms with Gasteiger partial charge in [-0.3, -0.25) is 9.69 Å². The van der Waals surface area contributed by atoms with Gasteiger partial charge in [-0.25, -0.2) is 0 Å². The van der Waals surface area contributed by atoms with Crippen LogP contribution in [0.5, 0.6) is 0 Å². The summed E-state index contributed by atoms with van der Waals surface area (Å²) < 4.78 is 2.02. The molecule has 1 aliphatic rings. The van der Waals surface area contributed by atoms with E-state index in [4.69, 9.17) is 0 Å². The van der Waals surface area contributed by atoms with Gasteiger partial charge in [0.25, 0.3) is 0 Å². The highest BCUT2D eigenvalue weighted by molar-refractivity contribution is 5.96. The molecule has 2 aromatic rings. The third-order valence-electron chi connectivity index (χ3n) is 4.54. The van der Waals surface area contributed by atoms with Crippen LogP contribution in [0.1, 0.15) is 41.3 Å². The standard InChI is InChI=1S/C17H22N4O/c1-13-18-19-17(20(13)2)12-21-10-6-9-15(21)11-16(22)14-7-4-3-5-8-14/h3-5,7-8,15H,6,9-12H2,1-2H3/t15-/m1/s1. The number of rotatable bonds is 5. The molecule has 0 spiro atoms. The largest absolute Gasteiger partial charge is 0.317 e. The lowest BCUT2D eigenvalue weighted by molar-refractivity contribution is 0.0937. The van der Waals surface area contributed by atoms with Gasteiger partial charge in [0.1, 0.15) is 11.6 Å². The molecule has 1 atom stereocenters. The molecule has 0 unspecified atom stereocenters. The van der Waals surface area contributed by atoms with Crippen LogP contribution in [0.2, 0.25) is 0 Å². The van der Waals surface area contributed by atoms with E-state index >= 15 is 0 Å². The Morgan fingerprint density at radius 2 is 2.05 bits per heavy atom. The van der Waals surface area contributed by atoms with Crippen LogP contribution in [-0.2, 0) is 13.6 Å². The zero-order valence-corrected chi connectivity index (χ0v) is 13.2. The fourth-order valence-electron chi connectivity index (χ4n) is 3.06. The van der Waals surface area contributed by atoms with Crippen LogP contribution in [0.25, 0.3) is 0 Å². The maximum atomic E-state index is 12.4. The zero-order valence-electron chi connectivity index (χ0n) is 13.2. The average molecular weight is 298 g/mol. The quantitative estimate of drug-likeness (QED) is 0.795. The van der Waals surface area contributed by atoms with Gasteiger partial charge in [-0.1, -0.05) is 30.3 Å². The number of nitrogens with zero attached hydrogens (tertiary/aromatic N) is 4. The Balaban J connectivity index is 1.66. The van der Waals surface area contributed by atoms with E-state index in [9.17, 15) is 4.79 Å². The van der Waals surface area contributed by atoms with Crippen LogP contribution >= 0.6 is 0 Å². The van der Waals surface area contributed by atoms with Gasteiger partial charge in [0, 0.05) is 25.1 Å². The van der Waals surface area contributed by atoms with E-state index in [1.807, 2.05) is 48.9 Å². The first-order chi connectivity index (χ1) is 10.6. The Morgan fingerprint density at radius 3 is 2.73 bits per heavy atom. The number of carbonyl (C=O) groups excluding carboxylic acids is 1. The Morgan fingerprint density at radius 1 is 1.27 bits per heavy atom. The molecule has 1 saturated heterocycles.